The Labute approximate surface area is 272 Å². The second kappa shape index (κ2) is 14.0. The van der Waals surface area contributed by atoms with Crippen LogP contribution in [-0.2, 0) is 17.9 Å². The van der Waals surface area contributed by atoms with E-state index in [1.54, 1.807) is 61.6 Å². The van der Waals surface area contributed by atoms with E-state index >= 15 is 0 Å². The Kier molecular flexibility index (Phi) is 9.94. The molecule has 0 saturated carbocycles. The Balaban J connectivity index is 1.45. The first-order valence-electron chi connectivity index (χ1n) is 13.3. The number of rotatable bonds is 10. The molecule has 1 aliphatic rings. The van der Waals surface area contributed by atoms with Crippen LogP contribution in [0.2, 0.25) is 5.02 Å². The molecule has 1 amide bonds. The number of amidine groups is 1. The average molecular weight is 694 g/mol. The minimum absolute atomic E-state index is 0.169. The molecule has 11 heteroatoms. The first-order chi connectivity index (χ1) is 21.2. The van der Waals surface area contributed by atoms with Crippen molar-refractivity contribution in [1.82, 2.24) is 4.90 Å². The standard InChI is InChI=1S/C33H26BrClN2O6S/c1-41-25-13-11-24(12-14-25)36-33-37(18-20-7-9-22(10-8-20)32(39)40)31(38)29(44-33)17-21-15-26(34)30(28(16-21)42-2)43-19-23-5-3-4-6-27(23)35/h3-17H,18-19H2,1-2H3,(H,39,40)/b29-17+,36-33?. The fourth-order valence-electron chi connectivity index (χ4n) is 4.31. The number of ether oxygens (including phenoxy) is 3. The van der Waals surface area contributed by atoms with Gasteiger partial charge in [-0.1, -0.05) is 41.9 Å². The molecule has 4 aromatic carbocycles. The number of aromatic carboxylic acids is 1. The van der Waals surface area contributed by atoms with Gasteiger partial charge in [0.25, 0.3) is 5.91 Å². The molecule has 1 fully saturated rings. The van der Waals surface area contributed by atoms with Crippen LogP contribution < -0.4 is 14.2 Å². The van der Waals surface area contributed by atoms with Crippen LogP contribution in [0.1, 0.15) is 27.0 Å². The summed E-state index contributed by atoms with van der Waals surface area (Å²) in [6.07, 6.45) is 1.77. The van der Waals surface area contributed by atoms with E-state index in [1.165, 1.54) is 23.9 Å². The molecule has 0 spiro atoms. The van der Waals surface area contributed by atoms with E-state index in [2.05, 4.69) is 15.9 Å². The highest BCUT2D eigenvalue weighted by Gasteiger charge is 2.33. The van der Waals surface area contributed by atoms with E-state index in [9.17, 15) is 14.7 Å². The summed E-state index contributed by atoms with van der Waals surface area (Å²) in [6, 6.07) is 24.7. The average Bonchev–Trinajstić information content (AvgIpc) is 3.30. The fraction of sp³-hybridized carbons (Fsp3) is 0.121. The number of carboxylic acid groups (broad SMARTS) is 1. The zero-order valence-corrected chi connectivity index (χ0v) is 26.8. The van der Waals surface area contributed by atoms with Crippen molar-refractivity contribution in [2.24, 2.45) is 4.99 Å². The van der Waals surface area contributed by atoms with Crippen LogP contribution in [0.5, 0.6) is 17.2 Å². The normalized spacial score (nSPS) is 14.7. The van der Waals surface area contributed by atoms with Gasteiger partial charge in [0.05, 0.1) is 41.4 Å². The van der Waals surface area contributed by atoms with Crippen LogP contribution >= 0.6 is 39.3 Å². The lowest BCUT2D eigenvalue weighted by Gasteiger charge is -2.16. The predicted octanol–water partition coefficient (Wildman–Crippen LogP) is 8.20. The zero-order chi connectivity index (χ0) is 31.2. The number of methoxy groups -OCH3 is 2. The van der Waals surface area contributed by atoms with Crippen LogP contribution in [0.3, 0.4) is 0 Å². The van der Waals surface area contributed by atoms with Crippen molar-refractivity contribution in [3.8, 4) is 17.2 Å². The molecular weight excluding hydrogens is 668 g/mol. The van der Waals surface area contributed by atoms with E-state index in [-0.39, 0.29) is 24.6 Å². The van der Waals surface area contributed by atoms with Crippen molar-refractivity contribution >= 4 is 68.1 Å². The second-order valence-corrected chi connectivity index (χ2v) is 11.8. The summed E-state index contributed by atoms with van der Waals surface area (Å²) in [4.78, 5) is 31.8. The van der Waals surface area contributed by atoms with Crippen molar-refractivity contribution in [3.63, 3.8) is 0 Å². The number of thioether (sulfide) groups is 1. The molecule has 0 bridgehead atoms. The Hall–Kier alpha value is -4.25. The summed E-state index contributed by atoms with van der Waals surface area (Å²) in [6.45, 7) is 0.455. The molecule has 1 heterocycles. The van der Waals surface area contributed by atoms with Gasteiger partial charge in [0, 0.05) is 10.6 Å². The number of amides is 1. The van der Waals surface area contributed by atoms with E-state index in [4.69, 9.17) is 30.8 Å². The molecule has 224 valence electrons. The van der Waals surface area contributed by atoms with Gasteiger partial charge >= 0.3 is 5.97 Å². The molecule has 0 unspecified atom stereocenters. The maximum atomic E-state index is 13.7. The Morgan fingerprint density at radius 3 is 2.41 bits per heavy atom. The molecule has 5 rings (SSSR count). The number of halogens is 2. The monoisotopic (exact) mass is 692 g/mol. The highest BCUT2D eigenvalue weighted by Crippen LogP contribution is 2.40. The van der Waals surface area contributed by atoms with Crippen LogP contribution in [0.15, 0.2) is 99.3 Å². The Morgan fingerprint density at radius 1 is 1.02 bits per heavy atom. The number of hydrogen-bond acceptors (Lipinski definition) is 7. The molecular formula is C33H26BrClN2O6S. The highest BCUT2D eigenvalue weighted by molar-refractivity contribution is 9.10. The summed E-state index contributed by atoms with van der Waals surface area (Å²) in [5.41, 5.74) is 3.13. The van der Waals surface area contributed by atoms with Crippen LogP contribution in [-0.4, -0.2) is 41.3 Å². The first-order valence-corrected chi connectivity index (χ1v) is 15.2. The molecule has 1 aliphatic heterocycles. The Bertz CT molecular complexity index is 1760. The van der Waals surface area contributed by atoms with Gasteiger partial charge in [-0.15, -0.1) is 0 Å². The van der Waals surface area contributed by atoms with Crippen molar-refractivity contribution < 1.29 is 28.9 Å². The maximum Gasteiger partial charge on any atom is 0.335 e. The van der Waals surface area contributed by atoms with Gasteiger partial charge in [-0.25, -0.2) is 9.79 Å². The lowest BCUT2D eigenvalue weighted by atomic mass is 10.1. The Morgan fingerprint density at radius 2 is 1.75 bits per heavy atom. The van der Waals surface area contributed by atoms with Gasteiger partial charge in [0.15, 0.2) is 16.7 Å². The van der Waals surface area contributed by atoms with E-state index in [0.29, 0.717) is 48.1 Å². The fourth-order valence-corrected chi connectivity index (χ4v) is 6.08. The summed E-state index contributed by atoms with van der Waals surface area (Å²) in [5, 5.41) is 10.4. The minimum Gasteiger partial charge on any atom is -0.497 e. The summed E-state index contributed by atoms with van der Waals surface area (Å²) < 4.78 is 17.6. The number of benzene rings is 4. The second-order valence-electron chi connectivity index (χ2n) is 9.51. The third-order valence-corrected chi connectivity index (χ3v) is 8.57. The largest absolute Gasteiger partial charge is 0.497 e. The molecule has 8 nitrogen and oxygen atoms in total. The van der Waals surface area contributed by atoms with Gasteiger partial charge in [-0.05, 0) is 99.5 Å². The van der Waals surface area contributed by atoms with E-state index in [0.717, 1.165) is 11.1 Å². The van der Waals surface area contributed by atoms with Gasteiger partial charge in [-0.3, -0.25) is 9.69 Å². The van der Waals surface area contributed by atoms with Crippen molar-refractivity contribution in [1.29, 1.82) is 0 Å². The lowest BCUT2D eigenvalue weighted by Crippen LogP contribution is -2.28. The van der Waals surface area contributed by atoms with Crippen molar-refractivity contribution in [2.45, 2.75) is 13.2 Å². The first kappa shape index (κ1) is 31.2. The SMILES string of the molecule is COc1ccc(N=C2S/C(=C/c3cc(Br)c(OCc4ccccc4Cl)c(OC)c3)C(=O)N2Cc2ccc(C(=O)O)cc2)cc1. The van der Waals surface area contributed by atoms with Gasteiger partial charge in [0.1, 0.15) is 12.4 Å². The van der Waals surface area contributed by atoms with Crippen LogP contribution in [0.4, 0.5) is 5.69 Å². The van der Waals surface area contributed by atoms with Crippen molar-refractivity contribution in [2.75, 3.05) is 14.2 Å². The molecule has 0 atom stereocenters. The van der Waals surface area contributed by atoms with Crippen LogP contribution in [0.25, 0.3) is 6.08 Å². The minimum atomic E-state index is -1.02. The van der Waals surface area contributed by atoms with E-state index < -0.39 is 5.97 Å². The topological polar surface area (TPSA) is 97.7 Å². The van der Waals surface area contributed by atoms with Gasteiger partial charge in [-0.2, -0.15) is 0 Å². The number of carbonyl (C=O) groups is 2. The molecule has 1 N–H and O–H groups in total. The third kappa shape index (κ3) is 7.27. The smallest absolute Gasteiger partial charge is 0.335 e. The molecule has 0 radical (unpaired) electrons. The third-order valence-electron chi connectivity index (χ3n) is 6.61. The number of carbonyl (C=O) groups excluding carboxylic acids is 1. The summed E-state index contributed by atoms with van der Waals surface area (Å²) in [5.74, 6) is 0.431. The molecule has 1 saturated heterocycles. The number of aliphatic imine (C=N–C) groups is 1. The highest BCUT2D eigenvalue weighted by atomic mass is 79.9. The molecule has 0 aliphatic carbocycles. The van der Waals surface area contributed by atoms with Crippen molar-refractivity contribution in [3.05, 3.63) is 122 Å². The maximum absolute atomic E-state index is 13.7. The lowest BCUT2D eigenvalue weighted by molar-refractivity contribution is -0.122. The number of carboxylic acids is 1. The van der Waals surface area contributed by atoms with Gasteiger partial charge in [0.2, 0.25) is 0 Å². The summed E-state index contributed by atoms with van der Waals surface area (Å²) >= 11 is 11.1. The predicted molar refractivity (Wildman–Crippen MR) is 176 cm³/mol. The molecule has 0 aromatic heterocycles. The van der Waals surface area contributed by atoms with Crippen LogP contribution in [0, 0.1) is 0 Å². The quantitative estimate of drug-likeness (QED) is 0.167. The zero-order valence-electron chi connectivity index (χ0n) is 23.6. The molecule has 4 aromatic rings. The van der Waals surface area contributed by atoms with Gasteiger partial charge < -0.3 is 19.3 Å². The van der Waals surface area contributed by atoms with E-state index in [1.807, 2.05) is 36.4 Å². The molecule has 44 heavy (non-hydrogen) atoms. The number of hydrogen-bond donors (Lipinski definition) is 1. The summed E-state index contributed by atoms with van der Waals surface area (Å²) in [7, 11) is 3.14. The number of nitrogens with zero attached hydrogens (tertiary/aromatic N) is 2.